The number of rotatable bonds is 7. The van der Waals surface area contributed by atoms with Crippen molar-refractivity contribution in [3.8, 4) is 5.88 Å². The summed E-state index contributed by atoms with van der Waals surface area (Å²) >= 11 is 6.26. The van der Waals surface area contributed by atoms with Crippen LogP contribution in [-0.4, -0.2) is 32.5 Å². The van der Waals surface area contributed by atoms with Crippen molar-refractivity contribution in [3.05, 3.63) is 82.5 Å². The second-order valence-corrected chi connectivity index (χ2v) is 9.80. The van der Waals surface area contributed by atoms with Gasteiger partial charge in [0.1, 0.15) is 0 Å². The van der Waals surface area contributed by atoms with Crippen molar-refractivity contribution < 1.29 is 17.9 Å². The van der Waals surface area contributed by atoms with Crippen LogP contribution in [0.4, 0.5) is 5.69 Å². The number of halogens is 1. The van der Waals surface area contributed by atoms with Crippen molar-refractivity contribution in [2.24, 2.45) is 0 Å². The standard InChI is InChI=1S/C24H24ClN3O4S/c1-2-32-24-18(8-5-13-26-24)16-27-23(29)20-15-19(11-12-21(20)25)33(30,31)28-14-6-9-17-7-3-4-10-22(17)28/h3-5,7-8,10-13,15H,2,6,9,14,16H2,1H3,(H,27,29). The third-order valence-electron chi connectivity index (χ3n) is 5.41. The van der Waals surface area contributed by atoms with E-state index < -0.39 is 15.9 Å². The Morgan fingerprint density at radius 2 is 2.00 bits per heavy atom. The van der Waals surface area contributed by atoms with Crippen molar-refractivity contribution in [1.82, 2.24) is 10.3 Å². The van der Waals surface area contributed by atoms with Crippen LogP contribution in [-0.2, 0) is 23.0 Å². The summed E-state index contributed by atoms with van der Waals surface area (Å²) in [4.78, 5) is 17.1. The molecule has 7 nitrogen and oxygen atoms in total. The molecule has 4 rings (SSSR count). The molecule has 33 heavy (non-hydrogen) atoms. The highest BCUT2D eigenvalue weighted by Crippen LogP contribution is 2.32. The quantitative estimate of drug-likeness (QED) is 0.541. The number of nitrogens with one attached hydrogen (secondary N) is 1. The number of hydrogen-bond donors (Lipinski definition) is 1. The summed E-state index contributed by atoms with van der Waals surface area (Å²) in [5.41, 5.74) is 2.45. The number of carbonyl (C=O) groups is 1. The fraction of sp³-hybridized carbons (Fsp3) is 0.250. The molecule has 2 heterocycles. The van der Waals surface area contributed by atoms with E-state index >= 15 is 0 Å². The van der Waals surface area contributed by atoms with Gasteiger partial charge in [-0.3, -0.25) is 9.10 Å². The fourth-order valence-electron chi connectivity index (χ4n) is 3.81. The van der Waals surface area contributed by atoms with E-state index in [2.05, 4.69) is 10.3 Å². The van der Waals surface area contributed by atoms with E-state index in [1.54, 1.807) is 24.4 Å². The van der Waals surface area contributed by atoms with Crippen molar-refractivity contribution in [2.75, 3.05) is 17.5 Å². The Morgan fingerprint density at radius 1 is 1.18 bits per heavy atom. The van der Waals surface area contributed by atoms with Crippen LogP contribution in [0.25, 0.3) is 0 Å². The second-order valence-electron chi connectivity index (χ2n) is 7.53. The van der Waals surface area contributed by atoms with Crippen molar-refractivity contribution in [2.45, 2.75) is 31.2 Å². The third kappa shape index (κ3) is 4.82. The predicted molar refractivity (Wildman–Crippen MR) is 127 cm³/mol. The molecule has 1 aliphatic heterocycles. The van der Waals surface area contributed by atoms with Gasteiger partial charge >= 0.3 is 0 Å². The maximum absolute atomic E-state index is 13.5. The highest BCUT2D eigenvalue weighted by molar-refractivity contribution is 7.92. The molecule has 3 aromatic rings. The van der Waals surface area contributed by atoms with Gasteiger partial charge in [0.2, 0.25) is 5.88 Å². The van der Waals surface area contributed by atoms with Crippen LogP contribution < -0.4 is 14.4 Å². The molecule has 0 saturated heterocycles. The average molecular weight is 486 g/mol. The predicted octanol–water partition coefficient (Wildman–Crippen LogP) is 4.21. The molecule has 0 radical (unpaired) electrons. The van der Waals surface area contributed by atoms with Crippen LogP contribution in [0.1, 0.15) is 34.8 Å². The fourth-order valence-corrected chi connectivity index (χ4v) is 5.58. The average Bonchev–Trinajstić information content (AvgIpc) is 2.83. The van der Waals surface area contributed by atoms with Crippen LogP contribution in [0.2, 0.25) is 5.02 Å². The molecule has 0 unspecified atom stereocenters. The molecule has 172 valence electrons. The Hall–Kier alpha value is -3.10. The number of pyridine rings is 1. The number of aromatic nitrogens is 1. The van der Waals surface area contributed by atoms with Crippen LogP contribution in [0.3, 0.4) is 0 Å². The summed E-state index contributed by atoms with van der Waals surface area (Å²) in [5, 5.41) is 2.95. The molecule has 2 aromatic carbocycles. The summed E-state index contributed by atoms with van der Waals surface area (Å²) in [6, 6.07) is 15.2. The van der Waals surface area contributed by atoms with E-state index in [9.17, 15) is 13.2 Å². The minimum atomic E-state index is -3.86. The Kier molecular flexibility index (Phi) is 6.85. The lowest BCUT2D eigenvalue weighted by molar-refractivity contribution is 0.0950. The van der Waals surface area contributed by atoms with Crippen LogP contribution in [0.15, 0.2) is 65.7 Å². The molecule has 0 atom stereocenters. The van der Waals surface area contributed by atoms with Gasteiger partial charge in [0, 0.05) is 24.8 Å². The van der Waals surface area contributed by atoms with Crippen LogP contribution in [0, 0.1) is 0 Å². The molecule has 0 saturated carbocycles. The lowest BCUT2D eigenvalue weighted by atomic mass is 10.0. The monoisotopic (exact) mass is 485 g/mol. The number of anilines is 1. The van der Waals surface area contributed by atoms with E-state index in [0.717, 1.165) is 18.4 Å². The Morgan fingerprint density at radius 3 is 2.82 bits per heavy atom. The number of hydrogen-bond acceptors (Lipinski definition) is 5. The van der Waals surface area contributed by atoms with Gasteiger partial charge in [0.15, 0.2) is 0 Å². The largest absolute Gasteiger partial charge is 0.478 e. The zero-order valence-corrected chi connectivity index (χ0v) is 19.7. The molecular formula is C24H24ClN3O4S. The molecule has 0 fully saturated rings. The highest BCUT2D eigenvalue weighted by Gasteiger charge is 2.30. The molecule has 1 amide bonds. The van der Waals surface area contributed by atoms with E-state index in [1.807, 2.05) is 25.1 Å². The number of sulfonamides is 1. The first-order chi connectivity index (χ1) is 15.9. The number of para-hydroxylation sites is 1. The summed E-state index contributed by atoms with van der Waals surface area (Å²) < 4.78 is 33.8. The van der Waals surface area contributed by atoms with E-state index in [0.29, 0.717) is 30.3 Å². The number of nitrogens with zero attached hydrogens (tertiary/aromatic N) is 2. The maximum atomic E-state index is 13.5. The third-order valence-corrected chi connectivity index (χ3v) is 7.55. The first-order valence-corrected chi connectivity index (χ1v) is 12.5. The Bertz CT molecular complexity index is 1280. The van der Waals surface area contributed by atoms with E-state index in [-0.39, 0.29) is 22.0 Å². The molecular weight excluding hydrogens is 462 g/mol. The van der Waals surface area contributed by atoms with Gasteiger partial charge in [0.05, 0.1) is 27.8 Å². The molecule has 0 spiro atoms. The molecule has 0 aliphatic carbocycles. The van der Waals surface area contributed by atoms with Gasteiger partial charge in [0.25, 0.3) is 15.9 Å². The van der Waals surface area contributed by atoms with Gasteiger partial charge in [-0.05, 0) is 55.7 Å². The van der Waals surface area contributed by atoms with Gasteiger partial charge in [-0.25, -0.2) is 13.4 Å². The number of fused-ring (bicyclic) bond motifs is 1. The topological polar surface area (TPSA) is 88.6 Å². The van der Waals surface area contributed by atoms with E-state index in [1.165, 1.54) is 22.5 Å². The highest BCUT2D eigenvalue weighted by atomic mass is 35.5. The van der Waals surface area contributed by atoms with Gasteiger partial charge in [-0.2, -0.15) is 0 Å². The number of benzene rings is 2. The van der Waals surface area contributed by atoms with Crippen molar-refractivity contribution in [3.63, 3.8) is 0 Å². The minimum Gasteiger partial charge on any atom is -0.478 e. The number of ether oxygens (including phenoxy) is 1. The molecule has 1 aromatic heterocycles. The molecule has 0 bridgehead atoms. The lowest BCUT2D eigenvalue weighted by Gasteiger charge is -2.30. The number of carbonyl (C=O) groups excluding carboxylic acids is 1. The van der Waals surface area contributed by atoms with Crippen molar-refractivity contribution in [1.29, 1.82) is 0 Å². The zero-order valence-electron chi connectivity index (χ0n) is 18.1. The normalized spacial score (nSPS) is 13.3. The smallest absolute Gasteiger partial charge is 0.264 e. The summed E-state index contributed by atoms with van der Waals surface area (Å²) in [6.07, 6.45) is 3.17. The Balaban J connectivity index is 1.59. The maximum Gasteiger partial charge on any atom is 0.264 e. The first-order valence-electron chi connectivity index (χ1n) is 10.7. The second kappa shape index (κ2) is 9.80. The van der Waals surface area contributed by atoms with Gasteiger partial charge in [-0.15, -0.1) is 0 Å². The molecule has 1 aliphatic rings. The zero-order chi connectivity index (χ0) is 23.4. The summed E-state index contributed by atoms with van der Waals surface area (Å²) in [7, 11) is -3.86. The van der Waals surface area contributed by atoms with Gasteiger partial charge < -0.3 is 10.1 Å². The minimum absolute atomic E-state index is 0.0186. The first kappa shape index (κ1) is 23.1. The SMILES string of the molecule is CCOc1ncccc1CNC(=O)c1cc(S(=O)(=O)N2CCCc3ccccc32)ccc1Cl. The lowest BCUT2D eigenvalue weighted by Crippen LogP contribution is -2.35. The molecule has 9 heteroatoms. The van der Waals surface area contributed by atoms with Gasteiger partial charge in [-0.1, -0.05) is 35.9 Å². The summed E-state index contributed by atoms with van der Waals surface area (Å²) in [6.45, 7) is 2.84. The molecule has 1 N–H and O–H groups in total. The van der Waals surface area contributed by atoms with E-state index in [4.69, 9.17) is 16.3 Å². The van der Waals surface area contributed by atoms with Crippen LogP contribution in [0.5, 0.6) is 5.88 Å². The van der Waals surface area contributed by atoms with Crippen LogP contribution >= 0.6 is 11.6 Å². The van der Waals surface area contributed by atoms with Crippen molar-refractivity contribution >= 4 is 33.2 Å². The summed E-state index contributed by atoms with van der Waals surface area (Å²) in [5.74, 6) is -0.0473. The Labute approximate surface area is 198 Å². The number of aryl methyl sites for hydroxylation is 1. The number of amides is 1.